The minimum atomic E-state index is -4.80. The Bertz CT molecular complexity index is 9440. The number of thiophene rings is 3. The van der Waals surface area contributed by atoms with Crippen LogP contribution in [0.3, 0.4) is 0 Å². The van der Waals surface area contributed by atoms with Crippen LogP contribution in [0.1, 0.15) is 75.3 Å². The van der Waals surface area contributed by atoms with E-state index < -0.39 is 143 Å². The highest BCUT2D eigenvalue weighted by atomic mass is 35.5. The Morgan fingerprint density at radius 1 is 0.389 bits per heavy atom. The number of phenols is 1. The molecule has 0 spiro atoms. The molecular weight excluding hydrogens is 2040 g/mol. The first-order valence-corrected chi connectivity index (χ1v) is 47.9. The maximum Gasteiger partial charge on any atom is 0.416 e. The van der Waals surface area contributed by atoms with E-state index in [-0.39, 0.29) is 119 Å². The first-order valence-electron chi connectivity index (χ1n) is 41.9. The molecule has 0 aliphatic heterocycles. The number of methoxy groups -OCH3 is 3. The first kappa shape index (κ1) is 99.2. The highest BCUT2D eigenvalue weighted by Gasteiger charge is 2.38. The van der Waals surface area contributed by atoms with Gasteiger partial charge in [0.1, 0.15) is 28.8 Å². The Balaban J connectivity index is 0.000000132. The molecule has 144 heavy (non-hydrogen) atoms. The molecule has 0 bridgehead atoms. The summed E-state index contributed by atoms with van der Waals surface area (Å²) >= 11 is 21.8. The molecule has 0 fully saturated rings. The topological polar surface area (TPSA) is 450 Å². The van der Waals surface area contributed by atoms with Crippen molar-refractivity contribution in [2.24, 2.45) is 0 Å². The average Bonchev–Trinajstić information content (AvgIpc) is 1.58. The lowest BCUT2D eigenvalue weighted by molar-refractivity contribution is -0.138. The van der Waals surface area contributed by atoms with Crippen molar-refractivity contribution in [1.29, 1.82) is 0 Å². The number of para-hydroxylation sites is 2. The second-order valence-electron chi connectivity index (χ2n) is 32.2. The maximum atomic E-state index is 14.6. The molecule has 0 saturated carbocycles. The zero-order valence-corrected chi connectivity index (χ0v) is 79.6. The second kappa shape index (κ2) is 38.9. The fraction of sp³-hybridized carbons (Fsp3) is 0.113. The van der Waals surface area contributed by atoms with Crippen molar-refractivity contribution < 1.29 is 93.0 Å². The minimum Gasteiger partial charge on any atom is -0.508 e. The number of aromatic hydroxyl groups is 1. The molecule has 20 rings (SSSR count). The van der Waals surface area contributed by atoms with Gasteiger partial charge in [0, 0.05) is 99.4 Å². The molecule has 33 nitrogen and oxygen atoms in total. The number of ether oxygens (including phenoxy) is 3. The van der Waals surface area contributed by atoms with Gasteiger partial charge in [-0.05, 0) is 139 Å². The van der Waals surface area contributed by atoms with Crippen LogP contribution in [0.25, 0.3) is 110 Å². The SMILES string of the molecule is COc1cccc(Cn2c(C(=O)CS(C)(=O)=O)c(-n3c(=O)[nH]c4cscc4c3=O)c3cc(Cl)ccc32)c1.COc1cccc(Cn2c(C(=O)O)c(-n3c(=O)[nH]c4cscc4c3=O)c3cc(C(F)(F)F)ccc32)c1OC.O=C(O)c1c(-n2c(=O)[nH]c3ccccc3c2=O)c2cc(Cl)ccc2n1Cc1cccc(O)c1.O=C(O)c1c(-n2c(=O)[nH]c3cscc3c2=O)c2cc(C(F)(F)F)ccc2n1Cc1ccc(Cl)cc1F. The molecule has 0 saturated heterocycles. The lowest BCUT2D eigenvalue weighted by Crippen LogP contribution is -2.34. The highest BCUT2D eigenvalue weighted by Crippen LogP contribution is 2.43. The number of carboxylic acids is 3. The van der Waals surface area contributed by atoms with E-state index in [1.807, 2.05) is 6.07 Å². The second-order valence-corrected chi connectivity index (χ2v) is 37.8. The number of hydrogen-bond donors (Lipinski definition) is 8. The third-order valence-corrected chi connectivity index (χ3v) is 26.9. The summed E-state index contributed by atoms with van der Waals surface area (Å²) in [7, 11) is 0.604. The molecular formula is C97H66Cl3F7N12O21S4. The fourth-order valence-corrected chi connectivity index (χ4v) is 20.5. The van der Waals surface area contributed by atoms with Crippen LogP contribution in [0.4, 0.5) is 30.7 Å². The molecule has 0 aliphatic carbocycles. The number of aromatic carboxylic acids is 3. The summed E-state index contributed by atoms with van der Waals surface area (Å²) in [6, 6.07) is 43.3. The number of sulfone groups is 1. The highest BCUT2D eigenvalue weighted by molar-refractivity contribution is 7.91. The number of carbonyl (C=O) groups is 4. The molecule has 11 aromatic heterocycles. The molecule has 47 heteroatoms. The largest absolute Gasteiger partial charge is 0.508 e. The molecule has 20 aromatic rings. The zero-order valence-electron chi connectivity index (χ0n) is 74.0. The summed E-state index contributed by atoms with van der Waals surface area (Å²) in [5.41, 5.74) is -7.52. The van der Waals surface area contributed by atoms with Crippen LogP contribution in [-0.2, 0) is 48.4 Å². The standard InChI is InChI=1S/C25H20ClN3O6S2.C25H18F3N3O6S.C24H16ClN3O5.C23H12ClF4N3O4S/c1-35-16-5-3-4-14(8-16)10-28-20-7-6-15(26)9-17(20)22(23(28)21(30)13-37(2,33)34)29-24(31)18-11-36-12-19(18)27-25(29)32;1-36-18-5-3-4-12(21(18)37-2)9-30-17-7-6-13(25(26,27)28)8-14(17)19(20(30)23(33)34)31-22(32)15-10-38-11-16(15)29-24(31)35;25-14-8-9-19-17(11-14)20(28-22(30)16-6-1-2-7-18(16)26-24(28)33)21(23(31)32)27(19)12-13-4-3-5-15(29)10-13;24-12-3-1-10(15(25)6-12)7-30-17-4-2-11(23(26,27)28)5-13(17)18(19(30)21(33)34)31-20(32)14-8-36-9-16(14)29-22(31)35/h3-9,11-12H,10,13H2,1-2H3,(H,27,32);3-8,10-11H,9H2,1-2H3,(H,29,35)(H,33,34);1-11,29H,12H2,(H,26,33)(H,31,32);1-6,8-9H,7H2,(H,29,35)(H,33,34). The Morgan fingerprint density at radius 3 is 1.19 bits per heavy atom. The number of ketones is 1. The Morgan fingerprint density at radius 2 is 0.771 bits per heavy atom. The number of rotatable bonds is 21. The molecule has 0 amide bonds. The maximum absolute atomic E-state index is 14.6. The number of alkyl halides is 6. The number of nitrogens with one attached hydrogen (secondary N) is 4. The normalized spacial score (nSPS) is 11.8. The monoisotopic (exact) mass is 2100 g/mol. The van der Waals surface area contributed by atoms with E-state index in [0.717, 1.165) is 84.6 Å². The number of fused-ring (bicyclic) bond motifs is 8. The van der Waals surface area contributed by atoms with Crippen LogP contribution in [-0.4, -0.2) is 142 Å². The number of hydrogen-bond acceptors (Lipinski definition) is 21. The van der Waals surface area contributed by atoms with Gasteiger partial charge in [0.15, 0.2) is 44.2 Å². The van der Waals surface area contributed by atoms with Crippen molar-refractivity contribution in [3.05, 3.63) is 375 Å². The number of aromatic nitrogens is 12. The molecule has 9 aromatic carbocycles. The summed E-state index contributed by atoms with van der Waals surface area (Å²) in [5, 5.41) is 51.1. The van der Waals surface area contributed by atoms with Gasteiger partial charge in [-0.3, -0.25) is 24.0 Å². The van der Waals surface area contributed by atoms with E-state index in [9.17, 15) is 117 Å². The number of Topliss-reactive ketones (excluding diaryl/α,β-unsaturated/α-hetero) is 1. The smallest absolute Gasteiger partial charge is 0.416 e. The van der Waals surface area contributed by atoms with Gasteiger partial charge in [0.2, 0.25) is 0 Å². The van der Waals surface area contributed by atoms with Crippen molar-refractivity contribution in [3.63, 3.8) is 0 Å². The van der Waals surface area contributed by atoms with Crippen molar-refractivity contribution in [2.45, 2.75) is 38.5 Å². The number of benzene rings is 9. The zero-order chi connectivity index (χ0) is 103. The molecule has 0 radical (unpaired) electrons. The van der Waals surface area contributed by atoms with Gasteiger partial charge >= 0.3 is 53.0 Å². The van der Waals surface area contributed by atoms with Gasteiger partial charge in [-0.2, -0.15) is 26.3 Å². The van der Waals surface area contributed by atoms with Crippen LogP contribution >= 0.6 is 68.8 Å². The van der Waals surface area contributed by atoms with Crippen LogP contribution in [0.2, 0.25) is 15.1 Å². The quantitative estimate of drug-likeness (QED) is 0.0245. The molecule has 734 valence electrons. The fourth-order valence-electron chi connectivity index (χ4n) is 17.1. The molecule has 0 unspecified atom stereocenters. The van der Waals surface area contributed by atoms with E-state index in [1.54, 1.807) is 118 Å². The van der Waals surface area contributed by atoms with Crippen LogP contribution in [0.15, 0.2) is 253 Å². The predicted octanol–water partition coefficient (Wildman–Crippen LogP) is 17.1. The van der Waals surface area contributed by atoms with Gasteiger partial charge in [-0.15, -0.1) is 34.0 Å². The summed E-state index contributed by atoms with van der Waals surface area (Å²) in [5.74, 6) is -5.59. The molecule has 0 aliphatic rings. The van der Waals surface area contributed by atoms with Crippen LogP contribution < -0.4 is 59.2 Å². The van der Waals surface area contributed by atoms with Crippen molar-refractivity contribution >= 4 is 190 Å². The molecule has 11 heterocycles. The van der Waals surface area contributed by atoms with Gasteiger partial charge in [-0.25, -0.2) is 64.6 Å². The average molecular weight is 2100 g/mol. The minimum absolute atomic E-state index is 0.0141. The van der Waals surface area contributed by atoms with Crippen molar-refractivity contribution in [2.75, 3.05) is 33.3 Å². The van der Waals surface area contributed by atoms with Gasteiger partial charge in [-0.1, -0.05) is 89.4 Å². The number of aromatic amines is 4. The van der Waals surface area contributed by atoms with E-state index in [2.05, 4.69) is 19.9 Å². The summed E-state index contributed by atoms with van der Waals surface area (Å²) < 4.78 is 145. The summed E-state index contributed by atoms with van der Waals surface area (Å²) in [6.07, 6.45) is -8.61. The predicted molar refractivity (Wildman–Crippen MR) is 530 cm³/mol. The van der Waals surface area contributed by atoms with Crippen molar-refractivity contribution in [3.8, 4) is 45.7 Å². The number of nitrogens with zero attached hydrogens (tertiary/aromatic N) is 8. The Labute approximate surface area is 825 Å². The number of carboxylic acid groups (broad SMARTS) is 3. The van der Waals surface area contributed by atoms with E-state index in [4.69, 9.17) is 49.0 Å². The number of carbonyl (C=O) groups excluding carboxylic acids is 1. The third kappa shape index (κ3) is 18.7. The van der Waals surface area contributed by atoms with E-state index in [1.165, 1.54) is 93.7 Å². The number of halogens is 10. The van der Waals surface area contributed by atoms with E-state index >= 15 is 0 Å². The van der Waals surface area contributed by atoms with Crippen LogP contribution in [0.5, 0.6) is 23.0 Å². The Hall–Kier alpha value is -16.4. The molecule has 8 N–H and O–H groups in total. The summed E-state index contributed by atoms with van der Waals surface area (Å²) in [6.45, 7) is -0.404. The number of H-pyrrole nitrogens is 4. The lowest BCUT2D eigenvalue weighted by Gasteiger charge is -2.15. The lowest BCUT2D eigenvalue weighted by atomic mass is 10.1. The summed E-state index contributed by atoms with van der Waals surface area (Å²) in [4.78, 5) is 167. The van der Waals surface area contributed by atoms with Gasteiger partial charge < -0.3 is 72.8 Å². The third-order valence-electron chi connectivity index (χ3n) is 23.2. The first-order chi connectivity index (χ1) is 68.4. The van der Waals surface area contributed by atoms with Crippen LogP contribution in [0, 0.1) is 5.82 Å². The Kier molecular flexibility index (Phi) is 26.8. The van der Waals surface area contributed by atoms with E-state index in [0.29, 0.717) is 80.7 Å². The molecule has 0 atom stereocenters. The number of phenolic OH excluding ortho intramolecular Hbond substituents is 1. The van der Waals surface area contributed by atoms with Gasteiger partial charge in [0.05, 0.1) is 134 Å². The van der Waals surface area contributed by atoms with Crippen molar-refractivity contribution in [1.82, 2.24) is 56.5 Å². The van der Waals surface area contributed by atoms with Gasteiger partial charge in [0.25, 0.3) is 22.2 Å².